The Morgan fingerprint density at radius 2 is 1.55 bits per heavy atom. The summed E-state index contributed by atoms with van der Waals surface area (Å²) in [5.74, 6) is -4.08. The van der Waals surface area contributed by atoms with Crippen LogP contribution >= 0.6 is 0 Å². The highest BCUT2D eigenvalue weighted by molar-refractivity contribution is 5.88. The molecular weight excluding hydrogens is 584 g/mol. The number of aliphatic hydroxyl groups is 3. The maximum absolute atomic E-state index is 13.6. The summed E-state index contributed by atoms with van der Waals surface area (Å²) in [5, 5.41) is 80.6. The van der Waals surface area contributed by atoms with E-state index in [9.17, 15) is 50.4 Å². The molecule has 1 aromatic heterocycles. The van der Waals surface area contributed by atoms with Crippen molar-refractivity contribution in [2.75, 3.05) is 6.61 Å². The average molecular weight is 611 g/mol. The second-order valence-corrected chi connectivity index (χ2v) is 9.82. The Bertz CT molecular complexity index is 1780. The van der Waals surface area contributed by atoms with Crippen LogP contribution in [-0.2, 0) is 14.3 Å². The highest BCUT2D eigenvalue weighted by Crippen LogP contribution is 2.39. The molecule has 0 radical (unpaired) electrons. The van der Waals surface area contributed by atoms with Crippen molar-refractivity contribution in [3.05, 3.63) is 76.5 Å². The molecule has 3 aromatic carbocycles. The van der Waals surface area contributed by atoms with Gasteiger partial charge < -0.3 is 59.5 Å². The maximum Gasteiger partial charge on any atom is 0.330 e. The average Bonchev–Trinajstić information content (AvgIpc) is 2.98. The van der Waals surface area contributed by atoms with Gasteiger partial charge in [-0.25, -0.2) is 4.79 Å². The second kappa shape index (κ2) is 12.1. The number of aromatic hydroxyl groups is 5. The van der Waals surface area contributed by atoms with E-state index in [0.29, 0.717) is 5.56 Å². The summed E-state index contributed by atoms with van der Waals surface area (Å²) in [5.41, 5.74) is -0.735. The van der Waals surface area contributed by atoms with Crippen LogP contribution in [0.25, 0.3) is 28.4 Å². The molecule has 0 amide bonds. The molecule has 8 N–H and O–H groups in total. The first kappa shape index (κ1) is 30.2. The Hall–Kier alpha value is -5.28. The van der Waals surface area contributed by atoms with Crippen LogP contribution in [0.1, 0.15) is 5.56 Å². The fourth-order valence-electron chi connectivity index (χ4n) is 4.46. The summed E-state index contributed by atoms with van der Waals surface area (Å²) in [6.45, 7) is -0.616. The SMILES string of the molecule is O=C(/C=C\c1ccc(O)cc1)OC[C@H]1O[C@@H](Oc2c(-c3ccc(O)c(O)c3)oc3cc(O)cc(O)c3c2=O)[C@H](O)[C@@H](O)[C@@H]1O. The molecule has 2 heterocycles. The van der Waals surface area contributed by atoms with Gasteiger partial charge in [-0.05, 0) is 42.0 Å². The normalized spacial score (nSPS) is 21.8. The van der Waals surface area contributed by atoms with Crippen LogP contribution in [0.5, 0.6) is 34.5 Å². The summed E-state index contributed by atoms with van der Waals surface area (Å²) in [6, 6.07) is 11.2. The zero-order valence-corrected chi connectivity index (χ0v) is 22.5. The van der Waals surface area contributed by atoms with Crippen LogP contribution in [0.3, 0.4) is 0 Å². The van der Waals surface area contributed by atoms with Gasteiger partial charge in [0.1, 0.15) is 59.2 Å². The molecule has 44 heavy (non-hydrogen) atoms. The number of phenols is 5. The molecule has 4 aromatic rings. The number of benzene rings is 3. The molecule has 0 unspecified atom stereocenters. The molecule has 5 rings (SSSR count). The van der Waals surface area contributed by atoms with Crippen LogP contribution in [0.4, 0.5) is 0 Å². The van der Waals surface area contributed by atoms with E-state index in [1.807, 2.05) is 0 Å². The summed E-state index contributed by atoms with van der Waals surface area (Å²) >= 11 is 0. The summed E-state index contributed by atoms with van der Waals surface area (Å²) in [4.78, 5) is 25.8. The van der Waals surface area contributed by atoms with Gasteiger partial charge in [0.15, 0.2) is 17.3 Å². The molecule has 0 spiro atoms. The Labute approximate surface area is 247 Å². The lowest BCUT2D eigenvalue weighted by atomic mass is 9.99. The van der Waals surface area contributed by atoms with Crippen molar-refractivity contribution >= 4 is 23.0 Å². The molecule has 1 aliphatic rings. The van der Waals surface area contributed by atoms with E-state index < -0.39 is 82.8 Å². The number of esters is 1. The van der Waals surface area contributed by atoms with Gasteiger partial charge in [-0.2, -0.15) is 0 Å². The Morgan fingerprint density at radius 3 is 2.25 bits per heavy atom. The van der Waals surface area contributed by atoms with E-state index in [1.165, 1.54) is 24.3 Å². The number of hydrogen-bond acceptors (Lipinski definition) is 14. The van der Waals surface area contributed by atoms with Gasteiger partial charge in [-0.3, -0.25) is 4.79 Å². The third-order valence-corrected chi connectivity index (χ3v) is 6.75. The van der Waals surface area contributed by atoms with Gasteiger partial charge >= 0.3 is 5.97 Å². The summed E-state index contributed by atoms with van der Waals surface area (Å²) < 4.78 is 22.1. The predicted octanol–water partition coefficient (Wildman–Crippen LogP) is 1.43. The van der Waals surface area contributed by atoms with Crippen LogP contribution in [0, 0.1) is 0 Å². The minimum Gasteiger partial charge on any atom is -0.508 e. The lowest BCUT2D eigenvalue weighted by Crippen LogP contribution is -2.60. The van der Waals surface area contributed by atoms with Crippen LogP contribution < -0.4 is 10.2 Å². The molecule has 0 bridgehead atoms. The molecule has 0 saturated carbocycles. The number of carbonyl (C=O) groups is 1. The molecule has 5 atom stereocenters. The number of ether oxygens (including phenoxy) is 3. The standard InChI is InChI=1S/C30H26O14/c31-15-5-1-13(2-6-15)3-8-22(36)41-12-21-24(37)26(39)27(40)30(43-21)44-29-25(38)23-19(35)10-16(32)11-20(23)42-28(29)14-4-7-17(33)18(34)9-14/h1-11,21,24,26-27,30-35,37,39-40H,12H2/b8-3-/t21-,24-,26+,27-,30+/m1/s1. The van der Waals surface area contributed by atoms with Crippen molar-refractivity contribution in [3.8, 4) is 45.8 Å². The number of fused-ring (bicyclic) bond motifs is 1. The smallest absolute Gasteiger partial charge is 0.330 e. The first-order valence-corrected chi connectivity index (χ1v) is 13.0. The van der Waals surface area contributed by atoms with E-state index in [2.05, 4.69) is 0 Å². The van der Waals surface area contributed by atoms with E-state index in [0.717, 1.165) is 30.3 Å². The van der Waals surface area contributed by atoms with E-state index >= 15 is 0 Å². The van der Waals surface area contributed by atoms with Crippen molar-refractivity contribution < 1.29 is 64.3 Å². The molecule has 1 saturated heterocycles. The van der Waals surface area contributed by atoms with Crippen LogP contribution in [-0.4, -0.2) is 84.1 Å². The highest BCUT2D eigenvalue weighted by Gasteiger charge is 2.46. The second-order valence-electron chi connectivity index (χ2n) is 9.82. The van der Waals surface area contributed by atoms with Gasteiger partial charge in [0.05, 0.1) is 0 Å². The largest absolute Gasteiger partial charge is 0.508 e. The van der Waals surface area contributed by atoms with Crippen LogP contribution in [0.15, 0.2) is 69.9 Å². The Morgan fingerprint density at radius 1 is 0.818 bits per heavy atom. The van der Waals surface area contributed by atoms with Gasteiger partial charge in [-0.1, -0.05) is 12.1 Å². The molecule has 14 nitrogen and oxygen atoms in total. The molecule has 230 valence electrons. The minimum absolute atomic E-state index is 0.0195. The van der Waals surface area contributed by atoms with Crippen molar-refractivity contribution in [1.29, 1.82) is 0 Å². The van der Waals surface area contributed by atoms with Gasteiger partial charge in [0.2, 0.25) is 17.5 Å². The van der Waals surface area contributed by atoms with Crippen molar-refractivity contribution in [3.63, 3.8) is 0 Å². The molecule has 1 aliphatic heterocycles. The van der Waals surface area contributed by atoms with Gasteiger partial charge in [-0.15, -0.1) is 0 Å². The fourth-order valence-corrected chi connectivity index (χ4v) is 4.46. The maximum atomic E-state index is 13.6. The third kappa shape index (κ3) is 6.09. The van der Waals surface area contributed by atoms with E-state index in [4.69, 9.17) is 18.6 Å². The summed E-state index contributed by atoms with van der Waals surface area (Å²) in [7, 11) is 0. The zero-order chi connectivity index (χ0) is 31.7. The van der Waals surface area contributed by atoms with Gasteiger partial charge in [0, 0.05) is 23.8 Å². The number of hydrogen-bond donors (Lipinski definition) is 8. The number of rotatable bonds is 7. The zero-order valence-electron chi connectivity index (χ0n) is 22.5. The number of aliphatic hydroxyl groups excluding tert-OH is 3. The predicted molar refractivity (Wildman–Crippen MR) is 150 cm³/mol. The first-order valence-electron chi connectivity index (χ1n) is 13.0. The molecular formula is C30H26O14. The van der Waals surface area contributed by atoms with Crippen molar-refractivity contribution in [2.45, 2.75) is 30.7 Å². The summed E-state index contributed by atoms with van der Waals surface area (Å²) in [6.07, 6.45) is -6.45. The topological polar surface area (TPSA) is 237 Å². The van der Waals surface area contributed by atoms with Crippen molar-refractivity contribution in [2.24, 2.45) is 0 Å². The molecule has 14 heteroatoms. The third-order valence-electron chi connectivity index (χ3n) is 6.75. The van der Waals surface area contributed by atoms with Crippen molar-refractivity contribution in [1.82, 2.24) is 0 Å². The lowest BCUT2D eigenvalue weighted by molar-refractivity contribution is -0.278. The monoisotopic (exact) mass is 610 g/mol. The fraction of sp³-hybridized carbons (Fsp3) is 0.200. The van der Waals surface area contributed by atoms with Gasteiger partial charge in [0.25, 0.3) is 0 Å². The first-order chi connectivity index (χ1) is 20.9. The highest BCUT2D eigenvalue weighted by atomic mass is 16.7. The number of phenolic OH excluding ortho intramolecular Hbond substituents is 5. The molecule has 1 fully saturated rings. The minimum atomic E-state index is -1.95. The number of carbonyl (C=O) groups excluding carboxylic acids is 1. The van der Waals surface area contributed by atoms with Crippen LogP contribution in [0.2, 0.25) is 0 Å². The Kier molecular flexibility index (Phi) is 8.33. The lowest BCUT2D eigenvalue weighted by Gasteiger charge is -2.39. The Balaban J connectivity index is 1.43. The van der Waals surface area contributed by atoms with E-state index in [1.54, 1.807) is 12.1 Å². The quantitative estimate of drug-likeness (QED) is 0.0840. The van der Waals surface area contributed by atoms with E-state index in [-0.39, 0.29) is 22.7 Å². The molecule has 0 aliphatic carbocycles.